The predicted octanol–water partition coefficient (Wildman–Crippen LogP) is 1.05. The Morgan fingerprint density at radius 3 is 2.78 bits per heavy atom. The molecule has 0 radical (unpaired) electrons. The van der Waals surface area contributed by atoms with Crippen LogP contribution in [0.2, 0.25) is 0 Å². The van der Waals surface area contributed by atoms with Crippen molar-refractivity contribution < 1.29 is 9.26 Å². The molecule has 0 unspecified atom stereocenters. The third kappa shape index (κ3) is 3.31. The quantitative estimate of drug-likeness (QED) is 0.787. The molecule has 1 fully saturated rings. The molecule has 1 aromatic rings. The Morgan fingerprint density at radius 2 is 2.22 bits per heavy atom. The number of ether oxygens (including phenoxy) is 1. The average molecular weight is 253 g/mol. The van der Waals surface area contributed by atoms with E-state index >= 15 is 0 Å². The molecule has 0 spiro atoms. The van der Waals surface area contributed by atoms with E-state index in [2.05, 4.69) is 22.3 Å². The lowest BCUT2D eigenvalue weighted by Crippen LogP contribution is -2.62. The first-order chi connectivity index (χ1) is 8.63. The van der Waals surface area contributed by atoms with Crippen LogP contribution in [-0.2, 0) is 17.7 Å². The van der Waals surface area contributed by atoms with Gasteiger partial charge in [-0.2, -0.15) is 0 Å². The maximum absolute atomic E-state index is 5.35. The molecule has 5 heteroatoms. The normalized spacial score (nSPS) is 18.0. The zero-order valence-electron chi connectivity index (χ0n) is 11.5. The zero-order chi connectivity index (χ0) is 13.0. The van der Waals surface area contributed by atoms with E-state index in [1.54, 1.807) is 0 Å². The van der Waals surface area contributed by atoms with Gasteiger partial charge in [0.1, 0.15) is 0 Å². The summed E-state index contributed by atoms with van der Waals surface area (Å²) in [7, 11) is 4.04. The van der Waals surface area contributed by atoms with E-state index in [1.165, 1.54) is 0 Å². The molecule has 0 bridgehead atoms. The molecule has 1 saturated heterocycles. The minimum atomic E-state index is 0.0717. The fourth-order valence-corrected chi connectivity index (χ4v) is 2.18. The fourth-order valence-electron chi connectivity index (χ4n) is 2.18. The van der Waals surface area contributed by atoms with Crippen molar-refractivity contribution in [1.82, 2.24) is 15.4 Å². The van der Waals surface area contributed by atoms with Gasteiger partial charge < -0.3 is 19.5 Å². The molecule has 0 atom stereocenters. The van der Waals surface area contributed by atoms with Crippen molar-refractivity contribution in [1.29, 1.82) is 0 Å². The molecule has 0 saturated carbocycles. The number of hydrogen-bond acceptors (Lipinski definition) is 5. The van der Waals surface area contributed by atoms with Gasteiger partial charge in [0.15, 0.2) is 5.76 Å². The second-order valence-electron chi connectivity index (χ2n) is 5.40. The van der Waals surface area contributed by atoms with E-state index in [-0.39, 0.29) is 5.54 Å². The van der Waals surface area contributed by atoms with Gasteiger partial charge in [0.2, 0.25) is 0 Å². The van der Waals surface area contributed by atoms with Crippen LogP contribution in [0.4, 0.5) is 0 Å². The highest BCUT2D eigenvalue weighted by atomic mass is 16.5. The molecule has 1 aromatic heterocycles. The largest absolute Gasteiger partial charge is 0.377 e. The average Bonchev–Trinajstić information content (AvgIpc) is 2.68. The summed E-state index contributed by atoms with van der Waals surface area (Å²) in [4.78, 5) is 2.07. The van der Waals surface area contributed by atoms with Crippen LogP contribution < -0.4 is 5.32 Å². The summed E-state index contributed by atoms with van der Waals surface area (Å²) in [6.45, 7) is 5.52. The second kappa shape index (κ2) is 5.82. The van der Waals surface area contributed by atoms with Gasteiger partial charge in [-0.1, -0.05) is 12.1 Å². The van der Waals surface area contributed by atoms with Gasteiger partial charge in [0.05, 0.1) is 31.0 Å². The van der Waals surface area contributed by atoms with Crippen LogP contribution in [0, 0.1) is 0 Å². The Labute approximate surface area is 108 Å². The van der Waals surface area contributed by atoms with Gasteiger partial charge >= 0.3 is 0 Å². The highest BCUT2D eigenvalue weighted by molar-refractivity contribution is 5.12. The summed E-state index contributed by atoms with van der Waals surface area (Å²) in [6.07, 6.45) is 2.01. The molecule has 18 heavy (non-hydrogen) atoms. The molecule has 1 aliphatic rings. The van der Waals surface area contributed by atoms with E-state index in [9.17, 15) is 0 Å². The third-order valence-electron chi connectivity index (χ3n) is 3.11. The Kier molecular flexibility index (Phi) is 4.37. The minimum Gasteiger partial charge on any atom is -0.377 e. The van der Waals surface area contributed by atoms with Crippen molar-refractivity contribution in [2.75, 3.05) is 33.9 Å². The predicted molar refractivity (Wildman–Crippen MR) is 69.4 cm³/mol. The lowest BCUT2D eigenvalue weighted by molar-refractivity contribution is -0.0743. The summed E-state index contributed by atoms with van der Waals surface area (Å²) < 4.78 is 10.7. The van der Waals surface area contributed by atoms with Gasteiger partial charge in [0.25, 0.3) is 0 Å². The molecule has 1 N–H and O–H groups in total. The van der Waals surface area contributed by atoms with Gasteiger partial charge in [-0.25, -0.2) is 0 Å². The van der Waals surface area contributed by atoms with Gasteiger partial charge in [-0.3, -0.25) is 0 Å². The highest BCUT2D eigenvalue weighted by Gasteiger charge is 2.38. The van der Waals surface area contributed by atoms with Crippen LogP contribution in [0.15, 0.2) is 10.6 Å². The molecule has 0 aromatic carbocycles. The molecule has 0 amide bonds. The van der Waals surface area contributed by atoms with Crippen LogP contribution in [0.1, 0.15) is 24.8 Å². The first-order valence-electron chi connectivity index (χ1n) is 6.55. The maximum Gasteiger partial charge on any atom is 0.150 e. The lowest BCUT2D eigenvalue weighted by Gasteiger charge is -2.42. The monoisotopic (exact) mass is 253 g/mol. The molecule has 5 nitrogen and oxygen atoms in total. The number of nitrogens with one attached hydrogen (secondary N) is 1. The van der Waals surface area contributed by atoms with Gasteiger partial charge in [-0.05, 0) is 27.1 Å². The van der Waals surface area contributed by atoms with Gasteiger partial charge in [0, 0.05) is 12.5 Å². The van der Waals surface area contributed by atoms with E-state index in [0.717, 1.165) is 50.6 Å². The lowest BCUT2D eigenvalue weighted by atomic mass is 9.91. The van der Waals surface area contributed by atoms with Crippen molar-refractivity contribution in [3.8, 4) is 0 Å². The molecular formula is C13H23N3O2. The molecule has 1 aliphatic heterocycles. The van der Waals surface area contributed by atoms with E-state index in [1.807, 2.05) is 20.2 Å². The minimum absolute atomic E-state index is 0.0717. The third-order valence-corrected chi connectivity index (χ3v) is 3.11. The summed E-state index contributed by atoms with van der Waals surface area (Å²) in [6, 6.07) is 2.05. The smallest absolute Gasteiger partial charge is 0.150 e. The van der Waals surface area contributed by atoms with Crippen LogP contribution in [0.5, 0.6) is 0 Å². The SMILES string of the molecule is CCCNC1(Cc2cc(CN(C)C)on2)COC1. The number of rotatable bonds is 7. The van der Waals surface area contributed by atoms with Crippen molar-refractivity contribution in [2.45, 2.75) is 31.8 Å². The fraction of sp³-hybridized carbons (Fsp3) is 0.769. The molecule has 0 aliphatic carbocycles. The topological polar surface area (TPSA) is 50.5 Å². The Hall–Kier alpha value is -0.910. The molecule has 2 heterocycles. The Bertz CT molecular complexity index is 372. The van der Waals surface area contributed by atoms with Crippen molar-refractivity contribution in [3.05, 3.63) is 17.5 Å². The number of nitrogens with zero attached hydrogens (tertiary/aromatic N) is 2. The first kappa shape index (κ1) is 13.5. The summed E-state index contributed by atoms with van der Waals surface area (Å²) in [5.41, 5.74) is 1.08. The zero-order valence-corrected chi connectivity index (χ0v) is 11.5. The molecule has 2 rings (SSSR count). The van der Waals surface area contributed by atoms with Crippen molar-refractivity contribution >= 4 is 0 Å². The van der Waals surface area contributed by atoms with E-state index in [0.29, 0.717) is 0 Å². The van der Waals surface area contributed by atoms with Crippen molar-refractivity contribution in [2.24, 2.45) is 0 Å². The summed E-state index contributed by atoms with van der Waals surface area (Å²) in [5.74, 6) is 0.917. The Balaban J connectivity index is 1.93. The van der Waals surface area contributed by atoms with E-state index < -0.39 is 0 Å². The number of aromatic nitrogens is 1. The van der Waals surface area contributed by atoms with E-state index in [4.69, 9.17) is 9.26 Å². The van der Waals surface area contributed by atoms with Crippen LogP contribution in [0.25, 0.3) is 0 Å². The van der Waals surface area contributed by atoms with Crippen LogP contribution >= 0.6 is 0 Å². The number of hydrogen-bond donors (Lipinski definition) is 1. The summed E-state index contributed by atoms with van der Waals surface area (Å²) >= 11 is 0. The summed E-state index contributed by atoms with van der Waals surface area (Å²) in [5, 5.41) is 7.71. The standard InChI is InChI=1S/C13H23N3O2/c1-4-5-14-13(9-17-10-13)7-11-6-12(18-15-11)8-16(2)3/h6,14H,4-5,7-10H2,1-3H3. The second-order valence-corrected chi connectivity index (χ2v) is 5.40. The molecule has 102 valence electrons. The maximum atomic E-state index is 5.35. The van der Waals surface area contributed by atoms with Gasteiger partial charge in [-0.15, -0.1) is 0 Å². The Morgan fingerprint density at radius 1 is 1.44 bits per heavy atom. The highest BCUT2D eigenvalue weighted by Crippen LogP contribution is 2.22. The van der Waals surface area contributed by atoms with Crippen LogP contribution in [-0.4, -0.2) is 49.4 Å². The van der Waals surface area contributed by atoms with Crippen LogP contribution in [0.3, 0.4) is 0 Å². The molecular weight excluding hydrogens is 230 g/mol. The van der Waals surface area contributed by atoms with Crippen molar-refractivity contribution in [3.63, 3.8) is 0 Å². The first-order valence-corrected chi connectivity index (χ1v) is 6.55.